The molecule has 1 heterocycles. The number of aromatic nitrogens is 1. The van der Waals surface area contributed by atoms with Gasteiger partial charge in [-0.25, -0.2) is 4.98 Å². The molecule has 1 rings (SSSR count). The van der Waals surface area contributed by atoms with Crippen molar-refractivity contribution in [3.63, 3.8) is 0 Å². The molecule has 0 saturated carbocycles. The lowest BCUT2D eigenvalue weighted by atomic mass is 10.2. The van der Waals surface area contributed by atoms with Gasteiger partial charge in [-0.05, 0) is 45.9 Å². The molecule has 132 valence electrons. The van der Waals surface area contributed by atoms with Crippen LogP contribution in [0.2, 0.25) is 0 Å². The van der Waals surface area contributed by atoms with E-state index in [1.165, 1.54) is 31.9 Å². The molecule has 2 N–H and O–H groups in total. The summed E-state index contributed by atoms with van der Waals surface area (Å²) >= 11 is 0. The Balaban J connectivity index is 2.26. The summed E-state index contributed by atoms with van der Waals surface area (Å²) in [7, 11) is 1.81. The Hall–Kier alpha value is -1.40. The molecule has 0 spiro atoms. The second kappa shape index (κ2) is 12.1. The van der Waals surface area contributed by atoms with Crippen LogP contribution in [-0.2, 0) is 6.54 Å². The fraction of sp³-hybridized carbons (Fsp3) is 0.765. The first-order valence-electron chi connectivity index (χ1n) is 8.80. The summed E-state index contributed by atoms with van der Waals surface area (Å²) in [5.41, 5.74) is 0.351. The number of carbonyl (C=O) groups is 1. The third kappa shape index (κ3) is 8.13. The zero-order valence-electron chi connectivity index (χ0n) is 14.9. The second-order valence-corrected chi connectivity index (χ2v) is 5.82. The first kappa shape index (κ1) is 19.6. The van der Waals surface area contributed by atoms with Gasteiger partial charge in [0.1, 0.15) is 6.26 Å². The minimum Gasteiger partial charge on any atom is -0.447 e. The molecule has 0 saturated heterocycles. The van der Waals surface area contributed by atoms with E-state index >= 15 is 0 Å². The van der Waals surface area contributed by atoms with Gasteiger partial charge in [-0.3, -0.25) is 4.79 Å². The summed E-state index contributed by atoms with van der Waals surface area (Å²) in [6, 6.07) is 0. The highest BCUT2D eigenvalue weighted by Crippen LogP contribution is 2.02. The molecule has 0 aliphatic heterocycles. The third-order valence-electron chi connectivity index (χ3n) is 3.70. The van der Waals surface area contributed by atoms with E-state index in [1.807, 2.05) is 7.05 Å². The van der Waals surface area contributed by atoms with Crippen molar-refractivity contribution in [2.75, 3.05) is 33.2 Å². The van der Waals surface area contributed by atoms with Crippen LogP contribution in [0.25, 0.3) is 0 Å². The molecule has 0 aliphatic carbocycles. The topological polar surface area (TPSA) is 70.4 Å². The van der Waals surface area contributed by atoms with Crippen molar-refractivity contribution in [3.05, 3.63) is 17.8 Å². The van der Waals surface area contributed by atoms with Crippen molar-refractivity contribution in [1.29, 1.82) is 0 Å². The highest BCUT2D eigenvalue weighted by atomic mass is 16.3. The molecule has 1 amide bonds. The van der Waals surface area contributed by atoms with Crippen LogP contribution < -0.4 is 10.6 Å². The van der Waals surface area contributed by atoms with Gasteiger partial charge < -0.3 is 20.0 Å². The Morgan fingerprint density at radius 3 is 2.43 bits per heavy atom. The second-order valence-electron chi connectivity index (χ2n) is 5.82. The van der Waals surface area contributed by atoms with E-state index in [0.29, 0.717) is 24.7 Å². The fourth-order valence-corrected chi connectivity index (χ4v) is 2.34. The van der Waals surface area contributed by atoms with Crippen molar-refractivity contribution in [2.45, 2.75) is 52.5 Å². The lowest BCUT2D eigenvalue weighted by molar-refractivity contribution is 0.0946. The van der Waals surface area contributed by atoms with E-state index in [1.54, 1.807) is 0 Å². The summed E-state index contributed by atoms with van der Waals surface area (Å²) in [6.07, 6.45) is 7.30. The zero-order valence-corrected chi connectivity index (χ0v) is 14.9. The molecule has 6 heteroatoms. The third-order valence-corrected chi connectivity index (χ3v) is 3.70. The predicted octanol–water partition coefficient (Wildman–Crippen LogP) is 2.42. The molecule has 1 aromatic rings. The molecule has 0 aliphatic rings. The number of rotatable bonds is 13. The van der Waals surface area contributed by atoms with Crippen LogP contribution in [0.1, 0.15) is 62.3 Å². The number of nitrogens with zero attached hydrogens (tertiary/aromatic N) is 2. The lowest BCUT2D eigenvalue weighted by Crippen LogP contribution is -2.31. The minimum absolute atomic E-state index is 0.162. The predicted molar refractivity (Wildman–Crippen MR) is 92.5 cm³/mol. The zero-order chi connectivity index (χ0) is 16.9. The summed E-state index contributed by atoms with van der Waals surface area (Å²) in [5, 5.41) is 5.85. The Morgan fingerprint density at radius 2 is 1.83 bits per heavy atom. The highest BCUT2D eigenvalue weighted by Gasteiger charge is 2.11. The standard InChI is InChI=1S/C17H32N4O2/c1-4-6-10-21(11-7-5-2)12-8-9-19-17(22)15-14-23-16(20-15)13-18-3/h14,18H,4-13H2,1-3H3,(H,19,22). The number of amides is 1. The smallest absolute Gasteiger partial charge is 0.273 e. The Kier molecular flexibility index (Phi) is 10.3. The van der Waals surface area contributed by atoms with Crippen molar-refractivity contribution >= 4 is 5.91 Å². The molecule has 0 fully saturated rings. The largest absolute Gasteiger partial charge is 0.447 e. The summed E-state index contributed by atoms with van der Waals surface area (Å²) < 4.78 is 5.22. The quantitative estimate of drug-likeness (QED) is 0.545. The van der Waals surface area contributed by atoms with Crippen LogP contribution in [0.4, 0.5) is 0 Å². The number of carbonyl (C=O) groups excluding carboxylic acids is 1. The van der Waals surface area contributed by atoms with Gasteiger partial charge in [0.15, 0.2) is 5.69 Å². The van der Waals surface area contributed by atoms with Crippen LogP contribution in [0.15, 0.2) is 10.7 Å². The normalized spacial score (nSPS) is 11.1. The van der Waals surface area contributed by atoms with Gasteiger partial charge in [0.05, 0.1) is 6.54 Å². The number of oxazole rings is 1. The van der Waals surface area contributed by atoms with Crippen molar-refractivity contribution in [3.8, 4) is 0 Å². The number of hydrogen-bond donors (Lipinski definition) is 2. The average Bonchev–Trinajstić information content (AvgIpc) is 3.02. The van der Waals surface area contributed by atoms with E-state index in [4.69, 9.17) is 4.42 Å². The number of unbranched alkanes of at least 4 members (excludes halogenated alkanes) is 2. The first-order valence-corrected chi connectivity index (χ1v) is 8.80. The van der Waals surface area contributed by atoms with Crippen molar-refractivity contribution < 1.29 is 9.21 Å². The monoisotopic (exact) mass is 324 g/mol. The van der Waals surface area contributed by atoms with Gasteiger partial charge in [0.2, 0.25) is 5.89 Å². The van der Waals surface area contributed by atoms with Crippen LogP contribution in [0.3, 0.4) is 0 Å². The lowest BCUT2D eigenvalue weighted by Gasteiger charge is -2.21. The van der Waals surface area contributed by atoms with Gasteiger partial charge in [0, 0.05) is 6.54 Å². The van der Waals surface area contributed by atoms with Gasteiger partial charge in [0.25, 0.3) is 5.91 Å². The molecule has 23 heavy (non-hydrogen) atoms. The van der Waals surface area contributed by atoms with Crippen molar-refractivity contribution in [2.24, 2.45) is 0 Å². The van der Waals surface area contributed by atoms with E-state index in [0.717, 1.165) is 26.1 Å². The number of hydrogen-bond acceptors (Lipinski definition) is 5. The van der Waals surface area contributed by atoms with E-state index in [9.17, 15) is 4.79 Å². The summed E-state index contributed by atoms with van der Waals surface area (Å²) in [5.74, 6) is 0.368. The first-order chi connectivity index (χ1) is 11.2. The molecular formula is C17H32N4O2. The van der Waals surface area contributed by atoms with Crippen LogP contribution in [-0.4, -0.2) is 49.0 Å². The van der Waals surface area contributed by atoms with E-state index < -0.39 is 0 Å². The van der Waals surface area contributed by atoms with Crippen molar-refractivity contribution in [1.82, 2.24) is 20.5 Å². The highest BCUT2D eigenvalue weighted by molar-refractivity contribution is 5.91. The average molecular weight is 324 g/mol. The molecule has 0 unspecified atom stereocenters. The fourth-order valence-electron chi connectivity index (χ4n) is 2.34. The minimum atomic E-state index is -0.162. The maximum atomic E-state index is 12.0. The van der Waals surface area contributed by atoms with E-state index in [-0.39, 0.29) is 5.91 Å². The molecular weight excluding hydrogens is 292 g/mol. The Labute approximate surface area is 140 Å². The van der Waals surface area contributed by atoms with Gasteiger partial charge >= 0.3 is 0 Å². The van der Waals surface area contributed by atoms with Crippen LogP contribution in [0, 0.1) is 0 Å². The molecule has 6 nitrogen and oxygen atoms in total. The molecule has 1 aromatic heterocycles. The molecule has 0 aromatic carbocycles. The summed E-state index contributed by atoms with van der Waals surface area (Å²) in [4.78, 5) is 18.6. The van der Waals surface area contributed by atoms with Crippen LogP contribution >= 0.6 is 0 Å². The summed E-state index contributed by atoms with van der Waals surface area (Å²) in [6.45, 7) is 8.97. The van der Waals surface area contributed by atoms with E-state index in [2.05, 4.69) is 34.4 Å². The maximum absolute atomic E-state index is 12.0. The molecule has 0 bridgehead atoms. The molecule has 0 radical (unpaired) electrons. The Morgan fingerprint density at radius 1 is 1.17 bits per heavy atom. The van der Waals surface area contributed by atoms with Gasteiger partial charge in [-0.15, -0.1) is 0 Å². The SMILES string of the molecule is CCCCN(CCCC)CCCNC(=O)c1coc(CNC)n1. The van der Waals surface area contributed by atoms with Gasteiger partial charge in [-0.1, -0.05) is 26.7 Å². The van der Waals surface area contributed by atoms with Crippen LogP contribution in [0.5, 0.6) is 0 Å². The number of nitrogens with one attached hydrogen (secondary N) is 2. The Bertz CT molecular complexity index is 426. The molecule has 0 atom stereocenters. The van der Waals surface area contributed by atoms with Gasteiger partial charge in [-0.2, -0.15) is 0 Å². The maximum Gasteiger partial charge on any atom is 0.273 e.